The van der Waals surface area contributed by atoms with Crippen LogP contribution in [0.15, 0.2) is 59.6 Å². The molecule has 2 aromatic carbocycles. The molecule has 2 atom stereocenters. The van der Waals surface area contributed by atoms with E-state index in [0.29, 0.717) is 19.7 Å². The maximum absolute atomic E-state index is 12.4. The Morgan fingerprint density at radius 2 is 1.87 bits per heavy atom. The quantitative estimate of drug-likeness (QED) is 0.832. The van der Waals surface area contributed by atoms with Crippen LogP contribution in [0.5, 0.6) is 5.75 Å². The molecule has 0 saturated carbocycles. The summed E-state index contributed by atoms with van der Waals surface area (Å²) in [6, 6.07) is 18.4. The van der Waals surface area contributed by atoms with Gasteiger partial charge in [-0.15, -0.1) is 0 Å². The Balaban J connectivity index is 1.33. The Hall–Kier alpha value is -3.02. The number of ether oxygens (including phenoxy) is 2. The van der Waals surface area contributed by atoms with Gasteiger partial charge < -0.3 is 19.7 Å². The molecule has 0 radical (unpaired) electrons. The fourth-order valence-corrected chi connectivity index (χ4v) is 3.71. The summed E-state index contributed by atoms with van der Waals surface area (Å²) in [4.78, 5) is 19.0. The van der Waals surface area contributed by atoms with E-state index >= 15 is 0 Å². The van der Waals surface area contributed by atoms with E-state index in [1.54, 1.807) is 4.90 Å². The van der Waals surface area contributed by atoms with Crippen molar-refractivity contribution in [2.45, 2.75) is 51.5 Å². The Labute approximate surface area is 177 Å². The van der Waals surface area contributed by atoms with Gasteiger partial charge in [-0.05, 0) is 57.0 Å². The van der Waals surface area contributed by atoms with E-state index in [4.69, 9.17) is 14.5 Å². The highest BCUT2D eigenvalue weighted by molar-refractivity contribution is 6.00. The number of nitrogens with one attached hydrogen (secondary N) is 1. The molecule has 0 spiro atoms. The molecule has 4 rings (SSSR count). The normalized spacial score (nSPS) is 20.8. The molecule has 30 heavy (non-hydrogen) atoms. The Morgan fingerprint density at radius 3 is 2.57 bits per heavy atom. The number of likely N-dealkylation sites (tertiary alicyclic amines) is 1. The van der Waals surface area contributed by atoms with Gasteiger partial charge in [0.25, 0.3) is 0 Å². The molecule has 6 heteroatoms. The highest BCUT2D eigenvalue weighted by Gasteiger charge is 2.37. The van der Waals surface area contributed by atoms with Gasteiger partial charge >= 0.3 is 6.09 Å². The lowest BCUT2D eigenvalue weighted by Crippen LogP contribution is -2.53. The van der Waals surface area contributed by atoms with Gasteiger partial charge in [-0.1, -0.05) is 30.3 Å². The van der Waals surface area contributed by atoms with E-state index in [2.05, 4.69) is 5.32 Å². The number of nitrogens with zero attached hydrogens (tertiary/aromatic N) is 2. The first-order chi connectivity index (χ1) is 14.4. The molecule has 0 aliphatic carbocycles. The topological polar surface area (TPSA) is 63.2 Å². The second kappa shape index (κ2) is 8.38. The molecule has 158 valence electrons. The molecule has 0 aromatic heterocycles. The number of aliphatic imine (C=N–C) groups is 1. The van der Waals surface area contributed by atoms with Gasteiger partial charge in [0, 0.05) is 18.7 Å². The monoisotopic (exact) mass is 407 g/mol. The average Bonchev–Trinajstić information content (AvgIpc) is 3.15. The molecular weight excluding hydrogens is 378 g/mol. The van der Waals surface area contributed by atoms with Crippen molar-refractivity contribution in [2.75, 3.05) is 13.1 Å². The van der Waals surface area contributed by atoms with Crippen molar-refractivity contribution in [1.29, 1.82) is 0 Å². The van der Waals surface area contributed by atoms with Gasteiger partial charge in [0.2, 0.25) is 0 Å². The predicted octanol–water partition coefficient (Wildman–Crippen LogP) is 3.99. The number of benzene rings is 2. The lowest BCUT2D eigenvalue weighted by atomic mass is 10.0. The van der Waals surface area contributed by atoms with Gasteiger partial charge in [-0.25, -0.2) is 4.79 Å². The molecule has 6 nitrogen and oxygen atoms in total. The minimum Gasteiger partial charge on any atom is -0.489 e. The standard InChI is InChI=1S/C24H29N3O3/c1-24(2,3)30-23(28)27-14-13-20-21(15-27)26-22(25-20)18-9-11-19(12-10-18)29-16-17-7-5-4-6-8-17/h4-12,20-21H,13-16H2,1-3H3,(H,25,26)/t20-,21+/m1/s1. The third kappa shape index (κ3) is 4.93. The van der Waals surface area contributed by atoms with Crippen LogP contribution >= 0.6 is 0 Å². The number of rotatable bonds is 4. The highest BCUT2D eigenvalue weighted by Crippen LogP contribution is 2.23. The van der Waals surface area contributed by atoms with E-state index in [9.17, 15) is 4.79 Å². The first-order valence-corrected chi connectivity index (χ1v) is 10.5. The molecule has 2 aliphatic rings. The molecule has 1 amide bonds. The van der Waals surface area contributed by atoms with Crippen LogP contribution in [0.2, 0.25) is 0 Å². The van der Waals surface area contributed by atoms with Crippen LogP contribution in [0, 0.1) is 0 Å². The van der Waals surface area contributed by atoms with Crippen molar-refractivity contribution in [1.82, 2.24) is 10.2 Å². The van der Waals surface area contributed by atoms with E-state index < -0.39 is 5.60 Å². The SMILES string of the molecule is CC(C)(C)OC(=O)N1CC[C@H]2N=C(c3ccc(OCc4ccccc4)cc3)N[C@H]2C1. The third-order valence-corrected chi connectivity index (χ3v) is 5.22. The number of piperidine rings is 1. The smallest absolute Gasteiger partial charge is 0.410 e. The number of amides is 1. The molecule has 0 bridgehead atoms. The van der Waals surface area contributed by atoms with Gasteiger partial charge in [0.15, 0.2) is 0 Å². The maximum atomic E-state index is 12.4. The number of hydrogen-bond donors (Lipinski definition) is 1. The van der Waals surface area contributed by atoms with Crippen molar-refractivity contribution in [3.63, 3.8) is 0 Å². The molecule has 1 fully saturated rings. The number of carbonyl (C=O) groups is 1. The first kappa shape index (κ1) is 20.3. The average molecular weight is 408 g/mol. The predicted molar refractivity (Wildman–Crippen MR) is 117 cm³/mol. The second-order valence-corrected chi connectivity index (χ2v) is 8.81. The van der Waals surface area contributed by atoms with Crippen molar-refractivity contribution in [3.8, 4) is 5.75 Å². The summed E-state index contributed by atoms with van der Waals surface area (Å²) >= 11 is 0. The first-order valence-electron chi connectivity index (χ1n) is 10.5. The number of carbonyl (C=O) groups excluding carboxylic acids is 1. The van der Waals surface area contributed by atoms with Crippen LogP contribution in [0.4, 0.5) is 4.79 Å². The molecule has 1 saturated heterocycles. The fraction of sp³-hybridized carbons (Fsp3) is 0.417. The van der Waals surface area contributed by atoms with Crippen LogP contribution in [-0.4, -0.2) is 47.6 Å². The zero-order valence-electron chi connectivity index (χ0n) is 17.8. The fourth-order valence-electron chi connectivity index (χ4n) is 3.71. The van der Waals surface area contributed by atoms with Gasteiger partial charge in [-0.2, -0.15) is 0 Å². The number of fused-ring (bicyclic) bond motifs is 1. The second-order valence-electron chi connectivity index (χ2n) is 8.81. The summed E-state index contributed by atoms with van der Waals surface area (Å²) in [6.45, 7) is 7.48. The molecule has 2 aromatic rings. The summed E-state index contributed by atoms with van der Waals surface area (Å²) in [5.41, 5.74) is 1.69. The Bertz CT molecular complexity index is 904. The maximum Gasteiger partial charge on any atom is 0.410 e. The Morgan fingerprint density at radius 1 is 1.13 bits per heavy atom. The molecule has 2 heterocycles. The zero-order chi connectivity index (χ0) is 21.1. The summed E-state index contributed by atoms with van der Waals surface area (Å²) in [6.07, 6.45) is 0.578. The van der Waals surface area contributed by atoms with Crippen molar-refractivity contribution in [3.05, 3.63) is 65.7 Å². The minimum absolute atomic E-state index is 0.121. The van der Waals surface area contributed by atoms with Crippen LogP contribution in [0.25, 0.3) is 0 Å². The molecule has 2 aliphatic heterocycles. The summed E-state index contributed by atoms with van der Waals surface area (Å²) in [5, 5.41) is 3.49. The third-order valence-electron chi connectivity index (χ3n) is 5.22. The minimum atomic E-state index is -0.483. The van der Waals surface area contributed by atoms with Crippen LogP contribution in [0.1, 0.15) is 38.3 Å². The van der Waals surface area contributed by atoms with Gasteiger partial charge in [0.05, 0.1) is 12.1 Å². The lowest BCUT2D eigenvalue weighted by molar-refractivity contribution is 0.0188. The largest absolute Gasteiger partial charge is 0.489 e. The van der Waals surface area contributed by atoms with Crippen molar-refractivity contribution < 1.29 is 14.3 Å². The summed E-state index contributed by atoms with van der Waals surface area (Å²) < 4.78 is 11.4. The number of amidine groups is 1. The van der Waals surface area contributed by atoms with Gasteiger partial charge in [-0.3, -0.25) is 4.99 Å². The van der Waals surface area contributed by atoms with E-state index in [1.165, 1.54) is 0 Å². The van der Waals surface area contributed by atoms with Crippen molar-refractivity contribution >= 4 is 11.9 Å². The zero-order valence-corrected chi connectivity index (χ0v) is 17.8. The summed E-state index contributed by atoms with van der Waals surface area (Å²) in [7, 11) is 0. The highest BCUT2D eigenvalue weighted by atomic mass is 16.6. The lowest BCUT2D eigenvalue weighted by Gasteiger charge is -2.35. The van der Waals surface area contributed by atoms with E-state index in [-0.39, 0.29) is 18.2 Å². The van der Waals surface area contributed by atoms with E-state index in [1.807, 2.05) is 75.4 Å². The Kier molecular flexibility index (Phi) is 5.66. The number of hydrogen-bond acceptors (Lipinski definition) is 5. The van der Waals surface area contributed by atoms with Crippen LogP contribution in [-0.2, 0) is 11.3 Å². The van der Waals surface area contributed by atoms with Crippen LogP contribution in [0.3, 0.4) is 0 Å². The van der Waals surface area contributed by atoms with Gasteiger partial charge in [0.1, 0.15) is 23.8 Å². The van der Waals surface area contributed by atoms with Crippen molar-refractivity contribution in [2.24, 2.45) is 4.99 Å². The van der Waals surface area contributed by atoms with Crippen LogP contribution < -0.4 is 10.1 Å². The van der Waals surface area contributed by atoms with E-state index in [0.717, 1.165) is 29.1 Å². The molecular formula is C24H29N3O3. The molecule has 1 N–H and O–H groups in total. The molecule has 0 unspecified atom stereocenters. The summed E-state index contributed by atoms with van der Waals surface area (Å²) in [5.74, 6) is 1.71.